The van der Waals surface area contributed by atoms with Gasteiger partial charge in [-0.25, -0.2) is 4.98 Å². The van der Waals surface area contributed by atoms with Gasteiger partial charge in [0.2, 0.25) is 0 Å². The van der Waals surface area contributed by atoms with Crippen LogP contribution in [0.15, 0.2) is 34.0 Å². The molecule has 1 N–H and O–H groups in total. The quantitative estimate of drug-likeness (QED) is 0.224. The number of rotatable bonds is 9. The summed E-state index contributed by atoms with van der Waals surface area (Å²) in [6.07, 6.45) is 5.20. The molecule has 1 saturated heterocycles. The van der Waals surface area contributed by atoms with Crippen LogP contribution < -0.4 is 5.32 Å². The third kappa shape index (κ3) is 7.75. The standard InChI is InChI=1S/C20H31ClN6O2.HI/c1-25(16-19-24-15-18(21)26(19)2)20(23-8-6-17-5-3-12-29-17)22-7-4-9-27-10-13-28-14-11-27;/h3,5,12,15H,4,6-11,13-14,16H2,1-2H3,(H,22,23);1H. The molecule has 2 aromatic heterocycles. The molecule has 0 unspecified atom stereocenters. The highest BCUT2D eigenvalue weighted by molar-refractivity contribution is 14.0. The van der Waals surface area contributed by atoms with Gasteiger partial charge in [-0.15, -0.1) is 24.0 Å². The molecule has 0 radical (unpaired) electrons. The van der Waals surface area contributed by atoms with Crippen molar-refractivity contribution < 1.29 is 9.15 Å². The number of guanidine groups is 1. The number of morpholine rings is 1. The van der Waals surface area contributed by atoms with Crippen LogP contribution in [0, 0.1) is 0 Å². The fraction of sp³-hybridized carbons (Fsp3) is 0.600. The van der Waals surface area contributed by atoms with Gasteiger partial charge in [-0.2, -0.15) is 0 Å². The normalized spacial score (nSPS) is 15.1. The van der Waals surface area contributed by atoms with Gasteiger partial charge in [0.15, 0.2) is 5.96 Å². The Morgan fingerprint density at radius 2 is 2.17 bits per heavy atom. The molecule has 1 fully saturated rings. The van der Waals surface area contributed by atoms with Gasteiger partial charge < -0.3 is 23.9 Å². The summed E-state index contributed by atoms with van der Waals surface area (Å²) in [6, 6.07) is 3.90. The summed E-state index contributed by atoms with van der Waals surface area (Å²) in [7, 11) is 3.94. The Hall–Kier alpha value is -1.30. The fourth-order valence-corrected chi connectivity index (χ4v) is 3.37. The lowest BCUT2D eigenvalue weighted by atomic mass is 10.3. The van der Waals surface area contributed by atoms with E-state index in [1.165, 1.54) is 0 Å². The molecule has 0 aliphatic carbocycles. The Kier molecular flexibility index (Phi) is 11.0. The summed E-state index contributed by atoms with van der Waals surface area (Å²) in [6.45, 7) is 6.88. The van der Waals surface area contributed by atoms with E-state index >= 15 is 0 Å². The number of halogens is 2. The largest absolute Gasteiger partial charge is 0.469 e. The molecule has 168 valence electrons. The molecule has 2 aromatic rings. The van der Waals surface area contributed by atoms with Crippen molar-refractivity contribution in [2.24, 2.45) is 12.0 Å². The van der Waals surface area contributed by atoms with Crippen molar-refractivity contribution in [3.63, 3.8) is 0 Å². The molecular weight excluding hydrogens is 519 g/mol. The first kappa shape index (κ1) is 25.0. The average molecular weight is 551 g/mol. The van der Waals surface area contributed by atoms with Gasteiger partial charge in [0.1, 0.15) is 16.7 Å². The maximum atomic E-state index is 6.12. The first-order chi connectivity index (χ1) is 14.1. The lowest BCUT2D eigenvalue weighted by Gasteiger charge is -2.26. The summed E-state index contributed by atoms with van der Waals surface area (Å²) < 4.78 is 12.7. The molecule has 1 aliphatic rings. The molecule has 0 saturated carbocycles. The van der Waals surface area contributed by atoms with E-state index in [-0.39, 0.29) is 24.0 Å². The number of nitrogens with one attached hydrogen (secondary N) is 1. The summed E-state index contributed by atoms with van der Waals surface area (Å²) in [4.78, 5) is 13.7. The zero-order valence-electron chi connectivity index (χ0n) is 17.7. The number of aromatic nitrogens is 2. The Balaban J connectivity index is 0.00000320. The van der Waals surface area contributed by atoms with E-state index in [2.05, 4.69) is 20.1 Å². The second kappa shape index (κ2) is 13.2. The minimum atomic E-state index is 0. The van der Waals surface area contributed by atoms with Crippen molar-refractivity contribution in [1.29, 1.82) is 0 Å². The molecule has 0 bridgehead atoms. The molecular formula is C20H32ClIN6O2. The summed E-state index contributed by atoms with van der Waals surface area (Å²) in [5.41, 5.74) is 0. The Morgan fingerprint density at radius 1 is 1.37 bits per heavy atom. The lowest BCUT2D eigenvalue weighted by molar-refractivity contribution is 0.0377. The molecule has 0 aromatic carbocycles. The van der Waals surface area contributed by atoms with Crippen molar-refractivity contribution in [3.8, 4) is 0 Å². The Bertz CT molecular complexity index is 761. The molecule has 1 aliphatic heterocycles. The summed E-state index contributed by atoms with van der Waals surface area (Å²) >= 11 is 6.12. The van der Waals surface area contributed by atoms with E-state index in [4.69, 9.17) is 25.7 Å². The van der Waals surface area contributed by atoms with Crippen LogP contribution >= 0.6 is 35.6 Å². The zero-order valence-corrected chi connectivity index (χ0v) is 20.8. The van der Waals surface area contributed by atoms with Crippen molar-refractivity contribution in [3.05, 3.63) is 41.3 Å². The zero-order chi connectivity index (χ0) is 20.5. The van der Waals surface area contributed by atoms with Crippen molar-refractivity contribution in [1.82, 2.24) is 24.7 Å². The van der Waals surface area contributed by atoms with Crippen molar-refractivity contribution in [2.45, 2.75) is 19.4 Å². The van der Waals surface area contributed by atoms with Gasteiger partial charge in [0, 0.05) is 53.2 Å². The number of nitrogens with zero attached hydrogens (tertiary/aromatic N) is 5. The molecule has 0 amide bonds. The highest BCUT2D eigenvalue weighted by atomic mass is 127. The molecule has 30 heavy (non-hydrogen) atoms. The molecule has 3 heterocycles. The van der Waals surface area contributed by atoms with E-state index in [0.717, 1.165) is 76.3 Å². The number of imidazole rings is 1. The highest BCUT2D eigenvalue weighted by Crippen LogP contribution is 2.10. The highest BCUT2D eigenvalue weighted by Gasteiger charge is 2.13. The van der Waals surface area contributed by atoms with Crippen LogP contribution in [0.5, 0.6) is 0 Å². The number of hydrogen-bond acceptors (Lipinski definition) is 5. The molecule has 8 nitrogen and oxygen atoms in total. The van der Waals surface area contributed by atoms with Gasteiger partial charge >= 0.3 is 0 Å². The molecule has 0 atom stereocenters. The first-order valence-electron chi connectivity index (χ1n) is 10.1. The maximum absolute atomic E-state index is 6.12. The molecule has 10 heteroatoms. The van der Waals surface area contributed by atoms with E-state index < -0.39 is 0 Å². The van der Waals surface area contributed by atoms with Gasteiger partial charge in [0.05, 0.1) is 32.2 Å². The molecule has 3 rings (SSSR count). The SMILES string of the molecule is CN(Cc1ncc(Cl)n1C)C(=NCCCN1CCOCC1)NCCc1ccco1.I. The van der Waals surface area contributed by atoms with Crippen LogP contribution in [0.2, 0.25) is 5.15 Å². The second-order valence-corrected chi connectivity index (χ2v) is 7.57. The molecule has 0 spiro atoms. The van der Waals surface area contributed by atoms with E-state index in [9.17, 15) is 0 Å². The number of furan rings is 1. The van der Waals surface area contributed by atoms with Gasteiger partial charge in [0.25, 0.3) is 0 Å². The second-order valence-electron chi connectivity index (χ2n) is 7.18. The average Bonchev–Trinajstić information content (AvgIpc) is 3.36. The van der Waals surface area contributed by atoms with Crippen LogP contribution in [-0.2, 0) is 24.8 Å². The van der Waals surface area contributed by atoms with E-state index in [1.807, 2.05) is 30.8 Å². The number of aliphatic imine (C=N–C) groups is 1. The van der Waals surface area contributed by atoms with Gasteiger partial charge in [-0.3, -0.25) is 9.89 Å². The van der Waals surface area contributed by atoms with E-state index in [1.54, 1.807) is 12.5 Å². The minimum Gasteiger partial charge on any atom is -0.469 e. The number of hydrogen-bond donors (Lipinski definition) is 1. The summed E-state index contributed by atoms with van der Waals surface area (Å²) in [5.74, 6) is 2.71. The van der Waals surface area contributed by atoms with Crippen LogP contribution in [0.25, 0.3) is 0 Å². The third-order valence-corrected chi connectivity index (χ3v) is 5.35. The Labute approximate surface area is 200 Å². The van der Waals surface area contributed by atoms with Gasteiger partial charge in [-0.05, 0) is 18.6 Å². The predicted molar refractivity (Wildman–Crippen MR) is 130 cm³/mol. The van der Waals surface area contributed by atoms with Crippen LogP contribution in [0.4, 0.5) is 0 Å². The topological polar surface area (TPSA) is 71.1 Å². The monoisotopic (exact) mass is 550 g/mol. The smallest absolute Gasteiger partial charge is 0.194 e. The maximum Gasteiger partial charge on any atom is 0.194 e. The lowest BCUT2D eigenvalue weighted by Crippen LogP contribution is -2.40. The van der Waals surface area contributed by atoms with Gasteiger partial charge in [-0.1, -0.05) is 11.6 Å². The fourth-order valence-electron chi connectivity index (χ4n) is 3.23. The van der Waals surface area contributed by atoms with E-state index in [0.29, 0.717) is 11.7 Å². The van der Waals surface area contributed by atoms with Crippen LogP contribution in [-0.4, -0.2) is 78.3 Å². The van der Waals surface area contributed by atoms with Crippen LogP contribution in [0.3, 0.4) is 0 Å². The van der Waals surface area contributed by atoms with Crippen LogP contribution in [0.1, 0.15) is 18.0 Å². The third-order valence-electron chi connectivity index (χ3n) is 5.00. The van der Waals surface area contributed by atoms with Crippen molar-refractivity contribution >= 4 is 41.5 Å². The number of ether oxygens (including phenoxy) is 1. The predicted octanol–water partition coefficient (Wildman–Crippen LogP) is 2.63. The Morgan fingerprint density at radius 3 is 2.83 bits per heavy atom. The minimum absolute atomic E-state index is 0. The summed E-state index contributed by atoms with van der Waals surface area (Å²) in [5, 5.41) is 4.08. The van der Waals surface area contributed by atoms with Crippen molar-refractivity contribution in [2.75, 3.05) is 53.0 Å². The first-order valence-corrected chi connectivity index (χ1v) is 10.5.